The van der Waals surface area contributed by atoms with E-state index in [1.54, 1.807) is 6.92 Å². The number of nitriles is 1. The van der Waals surface area contributed by atoms with Gasteiger partial charge in [0, 0.05) is 12.6 Å². The van der Waals surface area contributed by atoms with Gasteiger partial charge in [-0.3, -0.25) is 4.79 Å². The van der Waals surface area contributed by atoms with Crippen LogP contribution >= 0.6 is 0 Å². The normalized spacial score (nSPS) is 14.7. The number of hydrogen-bond acceptors (Lipinski definition) is 2. The molecule has 0 aliphatic carbocycles. The van der Waals surface area contributed by atoms with Crippen molar-refractivity contribution in [2.24, 2.45) is 11.3 Å². The molecule has 3 nitrogen and oxygen atoms in total. The Labute approximate surface area is 99.4 Å². The van der Waals surface area contributed by atoms with Crippen molar-refractivity contribution in [2.75, 3.05) is 6.54 Å². The fourth-order valence-electron chi connectivity index (χ4n) is 1.52. The second-order valence-electron chi connectivity index (χ2n) is 5.24. The minimum absolute atomic E-state index is 0.0406. The quantitative estimate of drug-likeness (QED) is 0.720. The molecule has 0 saturated carbocycles. The van der Waals surface area contributed by atoms with Crippen LogP contribution in [0.25, 0.3) is 0 Å². The Balaban J connectivity index is 4.95. The van der Waals surface area contributed by atoms with Gasteiger partial charge < -0.3 is 4.90 Å². The van der Waals surface area contributed by atoms with E-state index in [-0.39, 0.29) is 11.9 Å². The number of rotatable bonds is 5. The Kier molecular flexibility index (Phi) is 5.50. The fraction of sp³-hybridized carbons (Fsp3) is 0.846. The predicted octanol–water partition coefficient (Wildman–Crippen LogP) is 2.82. The molecule has 1 atom stereocenters. The number of hydrogen-bond donors (Lipinski definition) is 0. The molecule has 1 amide bonds. The molecule has 0 aromatic heterocycles. The molecule has 0 heterocycles. The number of carbonyl (C=O) groups excluding carboxylic acids is 1. The monoisotopic (exact) mass is 224 g/mol. The summed E-state index contributed by atoms with van der Waals surface area (Å²) in [6, 6.07) is 2.29. The Morgan fingerprint density at radius 3 is 2.12 bits per heavy atom. The van der Waals surface area contributed by atoms with Crippen molar-refractivity contribution >= 4 is 5.91 Å². The zero-order valence-corrected chi connectivity index (χ0v) is 11.4. The van der Waals surface area contributed by atoms with Crippen molar-refractivity contribution in [1.82, 2.24) is 4.90 Å². The van der Waals surface area contributed by atoms with Gasteiger partial charge in [-0.2, -0.15) is 5.26 Å². The van der Waals surface area contributed by atoms with Crippen molar-refractivity contribution in [2.45, 2.75) is 54.0 Å². The smallest absolute Gasteiger partial charge is 0.242 e. The van der Waals surface area contributed by atoms with Crippen LogP contribution in [0.2, 0.25) is 0 Å². The van der Waals surface area contributed by atoms with Gasteiger partial charge in [-0.25, -0.2) is 0 Å². The molecule has 0 aliphatic heterocycles. The lowest BCUT2D eigenvalue weighted by atomic mass is 9.87. The average Bonchev–Trinajstić information content (AvgIpc) is 2.23. The van der Waals surface area contributed by atoms with Gasteiger partial charge in [-0.15, -0.1) is 0 Å². The lowest BCUT2D eigenvalue weighted by Gasteiger charge is -2.33. The Bertz CT molecular complexity index is 278. The van der Waals surface area contributed by atoms with Gasteiger partial charge in [-0.05, 0) is 33.1 Å². The minimum atomic E-state index is -0.876. The summed E-state index contributed by atoms with van der Waals surface area (Å²) in [6.07, 6.45) is 0.559. The van der Waals surface area contributed by atoms with Gasteiger partial charge in [0.1, 0.15) is 5.41 Å². The van der Waals surface area contributed by atoms with Crippen LogP contribution in [0.1, 0.15) is 48.0 Å². The standard InChI is InChI=1S/C13H24N2O/c1-7-13(6,9-14)12(16)15(11(4)5)8-10(2)3/h10-11H,7-8H2,1-6H3. The third-order valence-corrected chi connectivity index (χ3v) is 2.87. The summed E-state index contributed by atoms with van der Waals surface area (Å²) >= 11 is 0. The van der Waals surface area contributed by atoms with Crippen molar-refractivity contribution in [3.8, 4) is 6.07 Å². The molecule has 0 bridgehead atoms. The maximum atomic E-state index is 12.3. The summed E-state index contributed by atoms with van der Waals surface area (Å²) in [4.78, 5) is 14.1. The van der Waals surface area contributed by atoms with Crippen LogP contribution in [-0.2, 0) is 4.79 Å². The predicted molar refractivity (Wildman–Crippen MR) is 65.7 cm³/mol. The highest BCUT2D eigenvalue weighted by Crippen LogP contribution is 2.24. The Hall–Kier alpha value is -1.04. The van der Waals surface area contributed by atoms with E-state index in [1.807, 2.05) is 25.7 Å². The second-order valence-corrected chi connectivity index (χ2v) is 5.24. The summed E-state index contributed by atoms with van der Waals surface area (Å²) in [5.74, 6) is 0.382. The Morgan fingerprint density at radius 1 is 1.38 bits per heavy atom. The van der Waals surface area contributed by atoms with Crippen molar-refractivity contribution in [3.63, 3.8) is 0 Å². The molecule has 92 valence electrons. The maximum absolute atomic E-state index is 12.3. The molecule has 0 radical (unpaired) electrons. The van der Waals surface area contributed by atoms with E-state index >= 15 is 0 Å². The lowest BCUT2D eigenvalue weighted by Crippen LogP contribution is -2.46. The summed E-state index contributed by atoms with van der Waals surface area (Å²) in [6.45, 7) is 12.5. The van der Waals surface area contributed by atoms with E-state index in [0.717, 1.165) is 0 Å². The Morgan fingerprint density at radius 2 is 1.88 bits per heavy atom. The van der Waals surface area contributed by atoms with Crippen LogP contribution in [0, 0.1) is 22.7 Å². The highest BCUT2D eigenvalue weighted by molar-refractivity contribution is 5.85. The molecular weight excluding hydrogens is 200 g/mol. The number of nitrogens with zero attached hydrogens (tertiary/aromatic N) is 2. The molecule has 0 spiro atoms. The largest absolute Gasteiger partial charge is 0.339 e. The van der Waals surface area contributed by atoms with Crippen LogP contribution in [0.3, 0.4) is 0 Å². The van der Waals surface area contributed by atoms with Crippen LogP contribution < -0.4 is 0 Å². The minimum Gasteiger partial charge on any atom is -0.339 e. The van der Waals surface area contributed by atoms with Gasteiger partial charge in [-0.1, -0.05) is 20.8 Å². The second kappa shape index (κ2) is 5.89. The van der Waals surface area contributed by atoms with E-state index < -0.39 is 5.41 Å². The van der Waals surface area contributed by atoms with Crippen molar-refractivity contribution in [1.29, 1.82) is 5.26 Å². The topological polar surface area (TPSA) is 44.1 Å². The van der Waals surface area contributed by atoms with Gasteiger partial charge >= 0.3 is 0 Å². The van der Waals surface area contributed by atoms with Crippen LogP contribution in [-0.4, -0.2) is 23.4 Å². The molecule has 0 N–H and O–H groups in total. The highest BCUT2D eigenvalue weighted by atomic mass is 16.2. The van der Waals surface area contributed by atoms with Crippen LogP contribution in [0.15, 0.2) is 0 Å². The van der Waals surface area contributed by atoms with Crippen LogP contribution in [0.4, 0.5) is 0 Å². The molecular formula is C13H24N2O. The third-order valence-electron chi connectivity index (χ3n) is 2.87. The fourth-order valence-corrected chi connectivity index (χ4v) is 1.52. The number of amides is 1. The van der Waals surface area contributed by atoms with Gasteiger partial charge in [0.15, 0.2) is 0 Å². The first kappa shape index (κ1) is 15.0. The first-order valence-corrected chi connectivity index (χ1v) is 6.00. The third kappa shape index (κ3) is 3.52. The van der Waals surface area contributed by atoms with Crippen LogP contribution in [0.5, 0.6) is 0 Å². The van der Waals surface area contributed by atoms with E-state index in [2.05, 4.69) is 19.9 Å². The first-order chi connectivity index (χ1) is 7.28. The molecule has 0 aromatic carbocycles. The van der Waals surface area contributed by atoms with Gasteiger partial charge in [0.05, 0.1) is 6.07 Å². The first-order valence-electron chi connectivity index (χ1n) is 6.00. The summed E-state index contributed by atoms with van der Waals surface area (Å²) in [5, 5.41) is 9.12. The summed E-state index contributed by atoms with van der Waals surface area (Å²) < 4.78 is 0. The molecule has 0 fully saturated rings. The lowest BCUT2D eigenvalue weighted by molar-refractivity contribution is -0.140. The molecule has 0 aliphatic rings. The summed E-state index contributed by atoms with van der Waals surface area (Å²) in [5.41, 5.74) is -0.876. The zero-order chi connectivity index (χ0) is 12.9. The van der Waals surface area contributed by atoms with E-state index in [0.29, 0.717) is 18.9 Å². The van der Waals surface area contributed by atoms with E-state index in [4.69, 9.17) is 5.26 Å². The van der Waals surface area contributed by atoms with Crippen molar-refractivity contribution < 1.29 is 4.79 Å². The van der Waals surface area contributed by atoms with Crippen molar-refractivity contribution in [3.05, 3.63) is 0 Å². The zero-order valence-electron chi connectivity index (χ0n) is 11.4. The summed E-state index contributed by atoms with van der Waals surface area (Å²) in [7, 11) is 0. The molecule has 16 heavy (non-hydrogen) atoms. The molecule has 3 heteroatoms. The van der Waals surface area contributed by atoms with E-state index in [9.17, 15) is 4.79 Å². The van der Waals surface area contributed by atoms with Gasteiger partial charge in [0.25, 0.3) is 0 Å². The average molecular weight is 224 g/mol. The number of carbonyl (C=O) groups is 1. The highest BCUT2D eigenvalue weighted by Gasteiger charge is 2.36. The van der Waals surface area contributed by atoms with Gasteiger partial charge in [0.2, 0.25) is 5.91 Å². The maximum Gasteiger partial charge on any atom is 0.242 e. The SMILES string of the molecule is CCC(C)(C#N)C(=O)N(CC(C)C)C(C)C. The molecule has 0 aromatic rings. The molecule has 0 saturated heterocycles. The van der Waals surface area contributed by atoms with E-state index in [1.165, 1.54) is 0 Å². The molecule has 0 rings (SSSR count). The molecule has 1 unspecified atom stereocenters.